The normalized spacial score (nSPS) is 11.9. The first-order chi connectivity index (χ1) is 14.6. The van der Waals surface area contributed by atoms with Gasteiger partial charge in [-0.25, -0.2) is 0 Å². The Labute approximate surface area is 194 Å². The van der Waals surface area contributed by atoms with Gasteiger partial charge in [-0.1, -0.05) is 53.9 Å². The lowest BCUT2D eigenvalue weighted by Gasteiger charge is -2.31. The van der Waals surface area contributed by atoms with Gasteiger partial charge in [0.05, 0.1) is 0 Å². The summed E-state index contributed by atoms with van der Waals surface area (Å²) in [5.74, 6) is 0.0941. The molecule has 2 rings (SSSR count). The predicted molar refractivity (Wildman–Crippen MR) is 126 cm³/mol. The van der Waals surface area contributed by atoms with Crippen molar-refractivity contribution in [2.75, 3.05) is 6.61 Å². The highest BCUT2D eigenvalue weighted by Crippen LogP contribution is 2.27. The second-order valence-corrected chi connectivity index (χ2v) is 8.68. The van der Waals surface area contributed by atoms with E-state index in [0.717, 1.165) is 11.1 Å². The highest BCUT2D eigenvalue weighted by Gasteiger charge is 2.30. The quantitative estimate of drug-likeness (QED) is 0.545. The van der Waals surface area contributed by atoms with Gasteiger partial charge in [-0.15, -0.1) is 0 Å². The van der Waals surface area contributed by atoms with Gasteiger partial charge >= 0.3 is 0 Å². The van der Waals surface area contributed by atoms with E-state index < -0.39 is 6.04 Å². The number of hydrogen-bond donors (Lipinski definition) is 1. The van der Waals surface area contributed by atoms with E-state index in [9.17, 15) is 9.59 Å². The van der Waals surface area contributed by atoms with E-state index in [2.05, 4.69) is 5.32 Å². The minimum Gasteiger partial charge on any atom is -0.483 e. The highest BCUT2D eigenvalue weighted by atomic mass is 35.5. The van der Waals surface area contributed by atoms with E-state index in [1.807, 2.05) is 52.8 Å². The molecule has 0 saturated carbocycles. The minimum absolute atomic E-state index is 0.0474. The van der Waals surface area contributed by atoms with Crippen LogP contribution in [0.1, 0.15) is 43.9 Å². The molecule has 1 atom stereocenters. The average molecular weight is 465 g/mol. The van der Waals surface area contributed by atoms with Crippen LogP contribution < -0.4 is 10.1 Å². The van der Waals surface area contributed by atoms with E-state index >= 15 is 0 Å². The monoisotopic (exact) mass is 464 g/mol. The van der Waals surface area contributed by atoms with Crippen LogP contribution in [0.15, 0.2) is 36.4 Å². The molecule has 1 N–H and O–H groups in total. The fourth-order valence-corrected chi connectivity index (χ4v) is 3.85. The first kappa shape index (κ1) is 25.0. The lowest BCUT2D eigenvalue weighted by Crippen LogP contribution is -2.51. The number of aryl methyl sites for hydroxylation is 2. The summed E-state index contributed by atoms with van der Waals surface area (Å²) >= 11 is 12.7. The fourth-order valence-electron chi connectivity index (χ4n) is 3.34. The number of benzene rings is 2. The number of rotatable bonds is 9. The van der Waals surface area contributed by atoms with Gasteiger partial charge in [0.25, 0.3) is 5.91 Å². The second-order valence-electron chi connectivity index (χ2n) is 7.87. The first-order valence-corrected chi connectivity index (χ1v) is 11.1. The molecule has 7 heteroatoms. The van der Waals surface area contributed by atoms with Crippen LogP contribution in [0.3, 0.4) is 0 Å². The van der Waals surface area contributed by atoms with Crippen LogP contribution in [0.5, 0.6) is 5.75 Å². The summed E-state index contributed by atoms with van der Waals surface area (Å²) in [5, 5.41) is 3.78. The Balaban J connectivity index is 2.30. The Morgan fingerprint density at radius 2 is 1.74 bits per heavy atom. The van der Waals surface area contributed by atoms with Crippen molar-refractivity contribution in [1.82, 2.24) is 10.2 Å². The van der Waals surface area contributed by atoms with E-state index in [4.69, 9.17) is 27.9 Å². The molecule has 5 nitrogen and oxygen atoms in total. The highest BCUT2D eigenvalue weighted by molar-refractivity contribution is 6.36. The standard InChI is InChI=1S/C24H30Cl2N2O3/c1-6-21(24(30)27-15(2)3)28(13-18-19(25)8-7-9-20(18)26)23(29)14-31-22-11-10-16(4)12-17(22)5/h7-12,15,21H,6,13-14H2,1-5H3,(H,27,30). The molecule has 31 heavy (non-hydrogen) atoms. The number of carbonyl (C=O) groups is 2. The number of ether oxygens (including phenoxy) is 1. The van der Waals surface area contributed by atoms with Crippen molar-refractivity contribution in [3.8, 4) is 5.75 Å². The average Bonchev–Trinajstić information content (AvgIpc) is 2.68. The Bertz CT molecular complexity index is 911. The van der Waals surface area contributed by atoms with Crippen LogP contribution >= 0.6 is 23.2 Å². The zero-order chi connectivity index (χ0) is 23.1. The number of carbonyl (C=O) groups excluding carboxylic acids is 2. The molecule has 0 aliphatic carbocycles. The Kier molecular flexibility index (Phi) is 9.20. The topological polar surface area (TPSA) is 58.6 Å². The Hall–Kier alpha value is -2.24. The number of hydrogen-bond acceptors (Lipinski definition) is 3. The predicted octanol–water partition coefficient (Wildman–Crippen LogP) is 5.32. The molecular formula is C24H30Cl2N2O3. The summed E-state index contributed by atoms with van der Waals surface area (Å²) in [6, 6.07) is 10.2. The molecule has 0 aliphatic heterocycles. The van der Waals surface area contributed by atoms with Gasteiger partial charge in [-0.05, 0) is 57.9 Å². The van der Waals surface area contributed by atoms with E-state index in [0.29, 0.717) is 27.8 Å². The summed E-state index contributed by atoms with van der Waals surface area (Å²) < 4.78 is 5.80. The number of amides is 2. The Morgan fingerprint density at radius 1 is 1.10 bits per heavy atom. The molecule has 2 amide bonds. The van der Waals surface area contributed by atoms with Crippen molar-refractivity contribution < 1.29 is 14.3 Å². The van der Waals surface area contributed by atoms with E-state index in [-0.39, 0.29) is 31.0 Å². The summed E-state index contributed by atoms with van der Waals surface area (Å²) in [6.45, 7) is 9.46. The van der Waals surface area contributed by atoms with Crippen LogP contribution in [0.4, 0.5) is 0 Å². The van der Waals surface area contributed by atoms with Gasteiger partial charge in [-0.2, -0.15) is 0 Å². The van der Waals surface area contributed by atoms with E-state index in [1.165, 1.54) is 4.90 Å². The maximum absolute atomic E-state index is 13.2. The van der Waals surface area contributed by atoms with Crippen molar-refractivity contribution in [3.63, 3.8) is 0 Å². The zero-order valence-electron chi connectivity index (χ0n) is 18.7. The summed E-state index contributed by atoms with van der Waals surface area (Å²) in [6.07, 6.45) is 0.440. The third kappa shape index (κ3) is 6.88. The van der Waals surface area contributed by atoms with Gasteiger partial charge in [-0.3, -0.25) is 9.59 Å². The third-order valence-electron chi connectivity index (χ3n) is 4.89. The van der Waals surface area contributed by atoms with E-state index in [1.54, 1.807) is 18.2 Å². The molecular weight excluding hydrogens is 435 g/mol. The van der Waals surface area contributed by atoms with Gasteiger partial charge in [0, 0.05) is 28.2 Å². The summed E-state index contributed by atoms with van der Waals surface area (Å²) in [5.41, 5.74) is 2.65. The lowest BCUT2D eigenvalue weighted by molar-refractivity contribution is -0.143. The first-order valence-electron chi connectivity index (χ1n) is 10.4. The number of halogens is 2. The molecule has 168 valence electrons. The van der Waals surface area contributed by atoms with Crippen molar-refractivity contribution in [1.29, 1.82) is 0 Å². The molecule has 0 saturated heterocycles. The van der Waals surface area contributed by atoms with Crippen LogP contribution in [0.25, 0.3) is 0 Å². The smallest absolute Gasteiger partial charge is 0.261 e. The molecule has 2 aromatic rings. The zero-order valence-corrected chi connectivity index (χ0v) is 20.2. The maximum Gasteiger partial charge on any atom is 0.261 e. The SMILES string of the molecule is CCC(C(=O)NC(C)C)N(Cc1c(Cl)cccc1Cl)C(=O)COc1ccc(C)cc1C. The molecule has 0 fully saturated rings. The van der Waals surface area contributed by atoms with Crippen LogP contribution in [0.2, 0.25) is 10.0 Å². The van der Waals surface area contributed by atoms with Gasteiger partial charge in [0.2, 0.25) is 5.91 Å². The van der Waals surface area contributed by atoms with Crippen molar-refractivity contribution in [2.45, 2.75) is 59.7 Å². The van der Waals surface area contributed by atoms with Gasteiger partial charge < -0.3 is 15.0 Å². The summed E-state index contributed by atoms with van der Waals surface area (Å²) in [4.78, 5) is 27.6. The molecule has 0 spiro atoms. The summed E-state index contributed by atoms with van der Waals surface area (Å²) in [7, 11) is 0. The van der Waals surface area contributed by atoms with Gasteiger partial charge in [0.15, 0.2) is 6.61 Å². The van der Waals surface area contributed by atoms with Gasteiger partial charge in [0.1, 0.15) is 11.8 Å². The largest absolute Gasteiger partial charge is 0.483 e. The molecule has 0 aliphatic rings. The maximum atomic E-state index is 13.2. The molecule has 0 aromatic heterocycles. The van der Waals surface area contributed by atoms with Crippen LogP contribution in [0, 0.1) is 13.8 Å². The molecule has 2 aromatic carbocycles. The Morgan fingerprint density at radius 3 is 2.29 bits per heavy atom. The fraction of sp³-hybridized carbons (Fsp3) is 0.417. The number of nitrogens with zero attached hydrogens (tertiary/aromatic N) is 1. The van der Waals surface area contributed by atoms with Crippen LogP contribution in [-0.4, -0.2) is 35.4 Å². The lowest BCUT2D eigenvalue weighted by atomic mass is 10.1. The number of nitrogens with one attached hydrogen (secondary N) is 1. The van der Waals surface area contributed by atoms with Crippen molar-refractivity contribution in [3.05, 3.63) is 63.1 Å². The van der Waals surface area contributed by atoms with Crippen LogP contribution in [-0.2, 0) is 16.1 Å². The molecule has 0 heterocycles. The minimum atomic E-state index is -0.676. The molecule has 0 radical (unpaired) electrons. The third-order valence-corrected chi connectivity index (χ3v) is 5.60. The second kappa shape index (κ2) is 11.4. The van der Waals surface area contributed by atoms with Crippen molar-refractivity contribution >= 4 is 35.0 Å². The molecule has 1 unspecified atom stereocenters. The van der Waals surface area contributed by atoms with Crippen molar-refractivity contribution in [2.24, 2.45) is 0 Å². The molecule has 0 bridgehead atoms.